The number of rotatable bonds is 23. The molecule has 31 heavy (non-hydrogen) atoms. The molecular weight excluding hydrogens is 435 g/mol. The fraction of sp³-hybridized carbons (Fsp3) is 0.920. The van der Waals surface area contributed by atoms with Gasteiger partial charge in [-0.15, -0.1) is 0 Å². The van der Waals surface area contributed by atoms with E-state index in [1.54, 1.807) is 0 Å². The molecule has 0 aliphatic carbocycles. The Labute approximate surface area is 237 Å². The van der Waals surface area contributed by atoms with Gasteiger partial charge in [-0.05, 0) is 19.3 Å². The topological polar surface area (TPSA) is 66.4 Å². The zero-order valence-corrected chi connectivity index (χ0v) is 24.9. The molecule has 0 aromatic carbocycles. The first-order valence-corrected chi connectivity index (χ1v) is 14.1. The Morgan fingerprint density at radius 2 is 1.13 bits per heavy atom. The van der Waals surface area contributed by atoms with Gasteiger partial charge in [-0.2, -0.15) is 0 Å². The third-order valence-corrected chi connectivity index (χ3v) is 6.16. The molecule has 4 nitrogen and oxygen atoms in total. The second kappa shape index (κ2) is 25.9. The summed E-state index contributed by atoms with van der Waals surface area (Å²) in [6, 6.07) is 0. The van der Waals surface area contributed by atoms with Gasteiger partial charge < -0.3 is 4.55 Å². The van der Waals surface area contributed by atoms with E-state index >= 15 is 0 Å². The molecule has 0 bridgehead atoms. The molecule has 0 spiro atoms. The van der Waals surface area contributed by atoms with E-state index in [0.29, 0.717) is 0 Å². The maximum atomic E-state index is 10.8. The molecule has 180 valence electrons. The van der Waals surface area contributed by atoms with Gasteiger partial charge in [-0.1, -0.05) is 129 Å². The summed E-state index contributed by atoms with van der Waals surface area (Å²) in [5, 5.41) is 0. The summed E-state index contributed by atoms with van der Waals surface area (Å²) < 4.78 is 36.8. The molecule has 6 heteroatoms. The van der Waals surface area contributed by atoms with Crippen molar-refractivity contribution in [3.05, 3.63) is 12.2 Å². The van der Waals surface area contributed by atoms with Crippen LogP contribution in [0.25, 0.3) is 0 Å². The van der Waals surface area contributed by atoms with Crippen molar-refractivity contribution in [1.82, 2.24) is 0 Å². The summed E-state index contributed by atoms with van der Waals surface area (Å²) in [6.07, 6.45) is 28.1. The zero-order valence-electron chi connectivity index (χ0n) is 20.9. The molecule has 0 saturated heterocycles. The largest absolute Gasteiger partial charge is 1.00 e. The predicted molar refractivity (Wildman–Crippen MR) is 127 cm³/mol. The minimum Gasteiger partial charge on any atom is -0.726 e. The first kappa shape index (κ1) is 34.4. The van der Waals surface area contributed by atoms with Crippen LogP contribution in [0.1, 0.15) is 136 Å². The predicted octanol–water partition coefficient (Wildman–Crippen LogP) is 5.09. The fourth-order valence-electron chi connectivity index (χ4n) is 3.81. The molecule has 0 fully saturated rings. The molecule has 0 aromatic rings. The van der Waals surface area contributed by atoms with Gasteiger partial charge in [0.25, 0.3) is 0 Å². The van der Waals surface area contributed by atoms with Crippen LogP contribution in [0.3, 0.4) is 0 Å². The fourth-order valence-corrected chi connectivity index (χ4v) is 4.15. The Kier molecular flexibility index (Phi) is 28.7. The van der Waals surface area contributed by atoms with Crippen LogP contribution >= 0.6 is 0 Å². The molecule has 0 aliphatic heterocycles. The first-order valence-electron chi connectivity index (χ1n) is 12.8. The maximum Gasteiger partial charge on any atom is 1.00 e. The normalized spacial score (nSPS) is 12.9. The van der Waals surface area contributed by atoms with Gasteiger partial charge in [-0.25, -0.2) is 8.42 Å². The molecule has 1 atom stereocenters. The zero-order chi connectivity index (χ0) is 22.3. The Morgan fingerprint density at radius 3 is 1.58 bits per heavy atom. The quantitative estimate of drug-likeness (QED) is 0.0666. The average molecular weight is 485 g/mol. The van der Waals surface area contributed by atoms with E-state index < -0.39 is 10.4 Å². The van der Waals surface area contributed by atoms with E-state index in [2.05, 4.69) is 30.2 Å². The third kappa shape index (κ3) is 29.2. The van der Waals surface area contributed by atoms with E-state index in [4.69, 9.17) is 0 Å². The molecule has 0 aromatic heterocycles. The minimum absolute atomic E-state index is 0. The summed E-state index contributed by atoms with van der Waals surface area (Å²) >= 11 is 0. The Bertz CT molecular complexity index is 480. The minimum atomic E-state index is -4.60. The van der Waals surface area contributed by atoms with Crippen LogP contribution < -0.4 is 51.4 Å². The van der Waals surface area contributed by atoms with Crippen LogP contribution in [0, 0.1) is 5.92 Å². The number of hydrogen-bond donors (Lipinski definition) is 0. The summed E-state index contributed by atoms with van der Waals surface area (Å²) in [4.78, 5) is 0. The number of unbranched alkanes of at least 4 members (excludes halogenated alkanes) is 16. The van der Waals surface area contributed by atoms with Crippen molar-refractivity contribution in [2.24, 2.45) is 5.92 Å². The molecule has 1 unspecified atom stereocenters. The van der Waals surface area contributed by atoms with Crippen molar-refractivity contribution in [2.75, 3.05) is 6.61 Å². The molecule has 0 aliphatic rings. The smallest absolute Gasteiger partial charge is 0.726 e. The average Bonchev–Trinajstić information content (AvgIpc) is 2.70. The van der Waals surface area contributed by atoms with Crippen molar-refractivity contribution in [3.8, 4) is 0 Å². The van der Waals surface area contributed by atoms with E-state index in [1.807, 2.05) is 0 Å². The van der Waals surface area contributed by atoms with Gasteiger partial charge >= 0.3 is 51.4 Å². The monoisotopic (exact) mass is 484 g/mol. The van der Waals surface area contributed by atoms with E-state index in [1.165, 1.54) is 96.3 Å². The molecular formula is C25H49KO4S. The second-order valence-corrected chi connectivity index (χ2v) is 9.81. The van der Waals surface area contributed by atoms with Crippen molar-refractivity contribution < 1.29 is 68.5 Å². The SMILES string of the molecule is CCCCCCCCCCCCC/C=C/C(CCCCCCCC)COS(=O)(=O)[O-].[K+]. The van der Waals surface area contributed by atoms with Crippen LogP contribution in [0.5, 0.6) is 0 Å². The maximum absolute atomic E-state index is 10.8. The molecule has 0 radical (unpaired) electrons. The van der Waals surface area contributed by atoms with Crippen LogP contribution in [-0.2, 0) is 14.6 Å². The molecule has 0 rings (SSSR count). The number of allylic oxidation sites excluding steroid dienone is 1. The Morgan fingerprint density at radius 1 is 0.710 bits per heavy atom. The van der Waals surface area contributed by atoms with Crippen molar-refractivity contribution >= 4 is 10.4 Å². The van der Waals surface area contributed by atoms with Crippen LogP contribution in [0.2, 0.25) is 0 Å². The van der Waals surface area contributed by atoms with Gasteiger partial charge in [0.05, 0.1) is 6.61 Å². The van der Waals surface area contributed by atoms with E-state index in [9.17, 15) is 13.0 Å². The summed E-state index contributed by atoms with van der Waals surface area (Å²) in [6.45, 7) is 4.45. The van der Waals surface area contributed by atoms with Crippen molar-refractivity contribution in [1.29, 1.82) is 0 Å². The van der Waals surface area contributed by atoms with Crippen LogP contribution in [-0.4, -0.2) is 19.6 Å². The van der Waals surface area contributed by atoms with E-state index in [-0.39, 0.29) is 63.9 Å². The summed E-state index contributed by atoms with van der Waals surface area (Å²) in [5.41, 5.74) is 0. The van der Waals surface area contributed by atoms with Gasteiger partial charge in [0.1, 0.15) is 0 Å². The third-order valence-electron chi connectivity index (χ3n) is 5.74. The standard InChI is InChI=1S/C25H50O4S.K/c1-3-5-7-9-11-12-13-14-15-16-17-19-21-23-25(24-29-30(26,27)28)22-20-18-10-8-6-4-2;/h21,23,25H,3-20,22,24H2,1-2H3,(H,26,27,28);/q;+1/p-1/b23-21+;. The summed E-state index contributed by atoms with van der Waals surface area (Å²) in [5.74, 6) is 0.0209. The summed E-state index contributed by atoms with van der Waals surface area (Å²) in [7, 11) is -4.60. The number of hydrogen-bond acceptors (Lipinski definition) is 4. The van der Waals surface area contributed by atoms with Gasteiger partial charge in [-0.3, -0.25) is 4.18 Å². The molecule has 0 amide bonds. The van der Waals surface area contributed by atoms with Crippen molar-refractivity contribution in [3.63, 3.8) is 0 Å². The molecule has 0 N–H and O–H groups in total. The van der Waals surface area contributed by atoms with Gasteiger partial charge in [0.2, 0.25) is 10.4 Å². The molecule has 0 saturated carbocycles. The van der Waals surface area contributed by atoms with Crippen LogP contribution in [0.15, 0.2) is 12.2 Å². The van der Waals surface area contributed by atoms with Gasteiger partial charge in [0, 0.05) is 5.92 Å². The molecule has 0 heterocycles. The van der Waals surface area contributed by atoms with E-state index in [0.717, 1.165) is 25.7 Å². The van der Waals surface area contributed by atoms with Crippen molar-refractivity contribution in [2.45, 2.75) is 136 Å². The second-order valence-electron chi connectivity index (χ2n) is 8.76. The van der Waals surface area contributed by atoms with Gasteiger partial charge in [0.15, 0.2) is 0 Å². The first-order chi connectivity index (χ1) is 14.5. The Balaban J connectivity index is 0. The Hall–Kier alpha value is 1.25. The van der Waals surface area contributed by atoms with Crippen LogP contribution in [0.4, 0.5) is 0 Å².